The lowest BCUT2D eigenvalue weighted by molar-refractivity contribution is -0.143. The molecule has 0 saturated heterocycles. The maximum absolute atomic E-state index is 12.6. The average Bonchev–Trinajstić information content (AvgIpc) is 3.51. The van der Waals surface area contributed by atoms with E-state index >= 15 is 0 Å². The molecule has 2 atom stereocenters. The number of amides is 1. The Morgan fingerprint density at radius 2 is 0.488 bits per heavy atom. The van der Waals surface area contributed by atoms with Gasteiger partial charge < -0.3 is 20.3 Å². The predicted octanol–water partition coefficient (Wildman–Crippen LogP) is 25.7. The number of nitrogens with one attached hydrogen (secondary N) is 1. The Bertz CT molecular complexity index is 1230. The first-order valence-corrected chi connectivity index (χ1v) is 39.3. The second-order valence-electron chi connectivity index (χ2n) is 27.4. The fourth-order valence-electron chi connectivity index (χ4n) is 12.9. The first-order chi connectivity index (χ1) is 41.5. The number of ether oxygens (including phenoxy) is 1. The minimum absolute atomic E-state index is 0.0237. The quantitative estimate of drug-likeness (QED) is 0.0417. The summed E-state index contributed by atoms with van der Waals surface area (Å²) >= 11 is 0. The van der Waals surface area contributed by atoms with Gasteiger partial charge in [-0.05, 0) is 25.7 Å². The first kappa shape index (κ1) is 82.9. The van der Waals surface area contributed by atoms with Crippen molar-refractivity contribution in [1.82, 2.24) is 5.32 Å². The molecule has 6 heteroatoms. The molecular formula is C78H155NO5. The predicted molar refractivity (Wildman–Crippen MR) is 371 cm³/mol. The summed E-state index contributed by atoms with van der Waals surface area (Å²) in [5.41, 5.74) is 0. The third-order valence-corrected chi connectivity index (χ3v) is 18.9. The van der Waals surface area contributed by atoms with E-state index in [4.69, 9.17) is 4.74 Å². The molecular weight excluding hydrogens is 1030 g/mol. The molecule has 3 N–H and O–H groups in total. The van der Waals surface area contributed by atoms with Crippen molar-refractivity contribution in [3.63, 3.8) is 0 Å². The largest absolute Gasteiger partial charge is 0.466 e. The Kier molecular flexibility index (Phi) is 73.3. The Morgan fingerprint density at radius 3 is 0.726 bits per heavy atom. The molecule has 84 heavy (non-hydrogen) atoms. The number of carbonyl (C=O) groups excluding carboxylic acids is 2. The van der Waals surface area contributed by atoms with Gasteiger partial charge in [-0.1, -0.05) is 425 Å². The number of hydrogen-bond donors (Lipinski definition) is 3. The van der Waals surface area contributed by atoms with Crippen LogP contribution in [0.3, 0.4) is 0 Å². The zero-order chi connectivity index (χ0) is 60.6. The molecule has 0 aromatic carbocycles. The van der Waals surface area contributed by atoms with E-state index in [2.05, 4.69) is 19.2 Å². The molecule has 0 aliphatic carbocycles. The van der Waals surface area contributed by atoms with Crippen molar-refractivity contribution in [2.24, 2.45) is 0 Å². The second-order valence-corrected chi connectivity index (χ2v) is 27.4. The average molecular weight is 1190 g/mol. The normalized spacial score (nSPS) is 12.4. The number of aliphatic hydroxyl groups excluding tert-OH is 2. The smallest absolute Gasteiger partial charge is 0.305 e. The van der Waals surface area contributed by atoms with Crippen molar-refractivity contribution in [3.05, 3.63) is 0 Å². The van der Waals surface area contributed by atoms with Crippen LogP contribution < -0.4 is 5.32 Å². The fraction of sp³-hybridized carbons (Fsp3) is 0.974. The number of esters is 1. The summed E-state index contributed by atoms with van der Waals surface area (Å²) in [5.74, 6) is -0.000615. The van der Waals surface area contributed by atoms with Gasteiger partial charge in [0.2, 0.25) is 5.91 Å². The molecule has 6 nitrogen and oxygen atoms in total. The molecule has 0 heterocycles. The third-order valence-electron chi connectivity index (χ3n) is 18.9. The van der Waals surface area contributed by atoms with Crippen molar-refractivity contribution < 1.29 is 24.5 Å². The number of unbranched alkanes of at least 4 members (excludes halogenated alkanes) is 64. The lowest BCUT2D eigenvalue weighted by atomic mass is 10.0. The number of hydrogen-bond acceptors (Lipinski definition) is 5. The maximum Gasteiger partial charge on any atom is 0.305 e. The molecule has 0 aliphatic rings. The molecule has 0 aromatic heterocycles. The molecule has 0 aliphatic heterocycles. The third kappa shape index (κ3) is 70.0. The van der Waals surface area contributed by atoms with Gasteiger partial charge in [0.1, 0.15) is 0 Å². The van der Waals surface area contributed by atoms with Crippen LogP contribution in [-0.2, 0) is 14.3 Å². The highest BCUT2D eigenvalue weighted by Gasteiger charge is 2.20. The van der Waals surface area contributed by atoms with E-state index < -0.39 is 12.1 Å². The van der Waals surface area contributed by atoms with Crippen LogP contribution >= 0.6 is 0 Å². The maximum atomic E-state index is 12.6. The van der Waals surface area contributed by atoms with Crippen LogP contribution in [0.1, 0.15) is 463 Å². The summed E-state index contributed by atoms with van der Waals surface area (Å²) in [6, 6.07) is -0.538. The molecule has 0 aromatic rings. The van der Waals surface area contributed by atoms with Crippen molar-refractivity contribution in [3.8, 4) is 0 Å². The molecule has 0 spiro atoms. The van der Waals surface area contributed by atoms with Crippen LogP contribution in [-0.4, -0.2) is 47.4 Å². The molecule has 2 unspecified atom stereocenters. The number of rotatable bonds is 75. The van der Waals surface area contributed by atoms with Crippen molar-refractivity contribution in [2.75, 3.05) is 13.2 Å². The molecule has 0 saturated carbocycles. The Hall–Kier alpha value is -1.14. The zero-order valence-electron chi connectivity index (χ0n) is 57.7. The van der Waals surface area contributed by atoms with Crippen molar-refractivity contribution >= 4 is 11.9 Å². The summed E-state index contributed by atoms with van der Waals surface area (Å²) in [4.78, 5) is 24.6. The summed E-state index contributed by atoms with van der Waals surface area (Å²) in [6.45, 7) is 5.02. The van der Waals surface area contributed by atoms with Crippen LogP contribution in [0.4, 0.5) is 0 Å². The monoisotopic (exact) mass is 1190 g/mol. The highest BCUT2D eigenvalue weighted by molar-refractivity contribution is 5.76. The lowest BCUT2D eigenvalue weighted by Crippen LogP contribution is -2.45. The molecule has 0 fully saturated rings. The van der Waals surface area contributed by atoms with Gasteiger partial charge in [0.25, 0.3) is 0 Å². The van der Waals surface area contributed by atoms with Gasteiger partial charge in [-0.15, -0.1) is 0 Å². The van der Waals surface area contributed by atoms with Crippen molar-refractivity contribution in [2.45, 2.75) is 475 Å². The SMILES string of the molecule is CCCCCCCCCCCCCCCCCCCCCCCCCC(O)C(CO)NC(=O)CCCCCCCCCCCCCCCCCCCCCCCCCCCCCCCCCOC(=O)CCCCCCCCCCCCCCC. The second kappa shape index (κ2) is 74.3. The Labute approximate surface area is 527 Å². The first-order valence-electron chi connectivity index (χ1n) is 39.3. The fourth-order valence-corrected chi connectivity index (χ4v) is 12.9. The zero-order valence-corrected chi connectivity index (χ0v) is 57.7. The molecule has 502 valence electrons. The summed E-state index contributed by atoms with van der Waals surface area (Å²) in [7, 11) is 0. The van der Waals surface area contributed by atoms with Crippen LogP contribution in [0.2, 0.25) is 0 Å². The van der Waals surface area contributed by atoms with E-state index in [9.17, 15) is 19.8 Å². The van der Waals surface area contributed by atoms with Gasteiger partial charge in [0, 0.05) is 12.8 Å². The van der Waals surface area contributed by atoms with E-state index in [0.29, 0.717) is 25.9 Å². The van der Waals surface area contributed by atoms with Gasteiger partial charge >= 0.3 is 5.97 Å². The lowest BCUT2D eigenvalue weighted by Gasteiger charge is -2.22. The summed E-state index contributed by atoms with van der Waals surface area (Å²) < 4.78 is 5.50. The van der Waals surface area contributed by atoms with Gasteiger partial charge in [-0.25, -0.2) is 0 Å². The van der Waals surface area contributed by atoms with E-state index in [-0.39, 0.29) is 18.5 Å². The van der Waals surface area contributed by atoms with E-state index in [1.807, 2.05) is 0 Å². The highest BCUT2D eigenvalue weighted by atomic mass is 16.5. The van der Waals surface area contributed by atoms with E-state index in [1.54, 1.807) is 0 Å². The Balaban J connectivity index is 3.32. The highest BCUT2D eigenvalue weighted by Crippen LogP contribution is 2.21. The topological polar surface area (TPSA) is 95.9 Å². The minimum atomic E-state index is -0.662. The van der Waals surface area contributed by atoms with Crippen LogP contribution in [0, 0.1) is 0 Å². The van der Waals surface area contributed by atoms with Crippen molar-refractivity contribution in [1.29, 1.82) is 0 Å². The summed E-state index contributed by atoms with van der Waals surface area (Å²) in [6.07, 6.45) is 91.9. The van der Waals surface area contributed by atoms with E-state index in [1.165, 1.54) is 392 Å². The van der Waals surface area contributed by atoms with Gasteiger partial charge in [0.15, 0.2) is 0 Å². The number of aliphatic hydroxyl groups is 2. The van der Waals surface area contributed by atoms with Crippen LogP contribution in [0.5, 0.6) is 0 Å². The van der Waals surface area contributed by atoms with Gasteiger partial charge in [0.05, 0.1) is 25.4 Å². The minimum Gasteiger partial charge on any atom is -0.466 e. The summed E-state index contributed by atoms with van der Waals surface area (Å²) in [5, 5.41) is 23.5. The van der Waals surface area contributed by atoms with Crippen LogP contribution in [0.15, 0.2) is 0 Å². The molecule has 0 radical (unpaired) electrons. The van der Waals surface area contributed by atoms with Crippen LogP contribution in [0.25, 0.3) is 0 Å². The molecule has 0 bridgehead atoms. The van der Waals surface area contributed by atoms with E-state index in [0.717, 1.165) is 38.5 Å². The molecule has 1 amide bonds. The van der Waals surface area contributed by atoms with Gasteiger partial charge in [-0.2, -0.15) is 0 Å². The molecule has 0 rings (SSSR count). The Morgan fingerprint density at radius 1 is 0.286 bits per heavy atom. The van der Waals surface area contributed by atoms with Gasteiger partial charge in [-0.3, -0.25) is 9.59 Å². The number of carbonyl (C=O) groups is 2. The standard InChI is InChI=1S/C78H155NO5/c1-3-5-7-9-11-13-15-17-18-19-20-21-31-34-37-40-43-47-50-54-58-62-66-70-76(81)75(74-80)79-77(82)71-67-63-59-55-51-48-44-41-38-35-32-29-27-25-23-22-24-26-28-30-33-36-39-42-45-49-53-57-61-65-69-73-84-78(83)72-68-64-60-56-52-46-16-14-12-10-8-6-4-2/h75-76,80-81H,3-74H2,1-2H3,(H,79,82).